The fourth-order valence-electron chi connectivity index (χ4n) is 2.99. The third-order valence-electron chi connectivity index (χ3n) is 4.33. The van der Waals surface area contributed by atoms with E-state index in [0.29, 0.717) is 30.1 Å². The maximum atomic E-state index is 13.0. The lowest BCUT2D eigenvalue weighted by Crippen LogP contribution is -2.39. The summed E-state index contributed by atoms with van der Waals surface area (Å²) in [5.41, 5.74) is 2.94. The van der Waals surface area contributed by atoms with Gasteiger partial charge in [0.1, 0.15) is 6.33 Å². The molecule has 0 saturated carbocycles. The lowest BCUT2D eigenvalue weighted by molar-refractivity contribution is -0.122. The molecular formula is C17H16N4O3. The molecule has 2 aromatic rings. The second-order valence-corrected chi connectivity index (χ2v) is 5.90. The van der Waals surface area contributed by atoms with Crippen LogP contribution in [-0.4, -0.2) is 39.3 Å². The van der Waals surface area contributed by atoms with Gasteiger partial charge in [-0.05, 0) is 31.0 Å². The molecule has 0 fully saturated rings. The van der Waals surface area contributed by atoms with Crippen molar-refractivity contribution >= 4 is 17.5 Å². The maximum Gasteiger partial charge on any atom is 0.265 e. The smallest absolute Gasteiger partial charge is 0.265 e. The number of ether oxygens (including phenoxy) is 1. The van der Waals surface area contributed by atoms with Gasteiger partial charge >= 0.3 is 0 Å². The summed E-state index contributed by atoms with van der Waals surface area (Å²) in [6.45, 7) is 2.71. The van der Waals surface area contributed by atoms with Crippen molar-refractivity contribution in [3.63, 3.8) is 0 Å². The molecule has 0 saturated heterocycles. The number of anilines is 1. The van der Waals surface area contributed by atoms with Crippen LogP contribution in [-0.2, 0) is 17.8 Å². The highest BCUT2D eigenvalue weighted by Crippen LogP contribution is 2.34. The van der Waals surface area contributed by atoms with Gasteiger partial charge in [-0.3, -0.25) is 9.59 Å². The molecule has 0 spiro atoms. The Morgan fingerprint density at radius 3 is 3.17 bits per heavy atom. The second-order valence-electron chi connectivity index (χ2n) is 5.90. The molecule has 1 atom stereocenters. The third kappa shape index (κ3) is 2.38. The largest absolute Gasteiger partial charge is 0.478 e. The van der Waals surface area contributed by atoms with Crippen molar-refractivity contribution < 1.29 is 14.3 Å². The molecule has 3 heterocycles. The van der Waals surface area contributed by atoms with Crippen molar-refractivity contribution in [2.75, 3.05) is 11.9 Å². The quantitative estimate of drug-likeness (QED) is 0.857. The fraction of sp³-hybridized carbons (Fsp3) is 0.294. The first-order valence-electron chi connectivity index (χ1n) is 7.81. The number of hydrogen-bond acceptors (Lipinski definition) is 5. The van der Waals surface area contributed by atoms with E-state index in [0.717, 1.165) is 17.7 Å². The summed E-state index contributed by atoms with van der Waals surface area (Å²) in [7, 11) is 0. The van der Waals surface area contributed by atoms with E-state index in [4.69, 9.17) is 4.74 Å². The van der Waals surface area contributed by atoms with Gasteiger partial charge < -0.3 is 15.0 Å². The zero-order valence-corrected chi connectivity index (χ0v) is 13.2. The number of rotatable bonds is 1. The van der Waals surface area contributed by atoms with E-state index in [1.807, 2.05) is 0 Å². The molecule has 7 heteroatoms. The first-order chi connectivity index (χ1) is 11.6. The van der Waals surface area contributed by atoms with Gasteiger partial charge in [0.25, 0.3) is 11.8 Å². The van der Waals surface area contributed by atoms with Gasteiger partial charge in [0, 0.05) is 12.7 Å². The Labute approximate surface area is 138 Å². The van der Waals surface area contributed by atoms with Gasteiger partial charge in [0.2, 0.25) is 0 Å². The summed E-state index contributed by atoms with van der Waals surface area (Å²) in [5.74, 6) is 0.0956. The third-order valence-corrected chi connectivity index (χ3v) is 4.33. The lowest BCUT2D eigenvalue weighted by Gasteiger charge is -2.30. The molecular weight excluding hydrogens is 308 g/mol. The number of amides is 2. The van der Waals surface area contributed by atoms with E-state index in [9.17, 15) is 9.59 Å². The zero-order valence-electron chi connectivity index (χ0n) is 13.2. The van der Waals surface area contributed by atoms with Crippen LogP contribution in [0.4, 0.5) is 5.69 Å². The minimum Gasteiger partial charge on any atom is -0.478 e. The Hall–Kier alpha value is -2.96. The van der Waals surface area contributed by atoms with E-state index in [-0.39, 0.29) is 11.8 Å². The molecule has 2 amide bonds. The average molecular weight is 324 g/mol. The van der Waals surface area contributed by atoms with Crippen LogP contribution in [0.2, 0.25) is 0 Å². The molecule has 2 aliphatic heterocycles. The molecule has 122 valence electrons. The Morgan fingerprint density at radius 2 is 2.29 bits per heavy atom. The number of benzene rings is 1. The van der Waals surface area contributed by atoms with Crippen molar-refractivity contribution in [3.05, 3.63) is 47.5 Å². The number of fused-ring (bicyclic) bond motifs is 2. The van der Waals surface area contributed by atoms with Gasteiger partial charge in [-0.1, -0.05) is 6.07 Å². The Morgan fingerprint density at radius 1 is 1.42 bits per heavy atom. The van der Waals surface area contributed by atoms with Crippen LogP contribution in [0.3, 0.4) is 0 Å². The highest BCUT2D eigenvalue weighted by atomic mass is 16.5. The van der Waals surface area contributed by atoms with Crippen LogP contribution in [0.1, 0.15) is 28.5 Å². The molecule has 0 aliphatic carbocycles. The van der Waals surface area contributed by atoms with Crippen LogP contribution in [0.15, 0.2) is 30.7 Å². The summed E-state index contributed by atoms with van der Waals surface area (Å²) in [6.07, 6.45) is 3.40. The van der Waals surface area contributed by atoms with Crippen molar-refractivity contribution in [1.82, 2.24) is 14.9 Å². The van der Waals surface area contributed by atoms with Crippen LogP contribution in [0.25, 0.3) is 0 Å². The van der Waals surface area contributed by atoms with Gasteiger partial charge in [0.05, 0.1) is 23.5 Å². The van der Waals surface area contributed by atoms with Crippen LogP contribution in [0, 0.1) is 0 Å². The molecule has 4 rings (SSSR count). The molecule has 0 radical (unpaired) electrons. The molecule has 0 bridgehead atoms. The molecule has 7 nitrogen and oxygen atoms in total. The average Bonchev–Trinajstić information content (AvgIpc) is 2.61. The number of hydrogen-bond donors (Lipinski definition) is 1. The highest BCUT2D eigenvalue weighted by molar-refractivity contribution is 6.04. The van der Waals surface area contributed by atoms with E-state index < -0.39 is 6.10 Å². The monoisotopic (exact) mass is 324 g/mol. The Kier molecular flexibility index (Phi) is 3.41. The van der Waals surface area contributed by atoms with Crippen LogP contribution >= 0.6 is 0 Å². The second kappa shape index (κ2) is 5.59. The van der Waals surface area contributed by atoms with Crippen LogP contribution < -0.4 is 10.1 Å². The van der Waals surface area contributed by atoms with Crippen LogP contribution in [0.5, 0.6) is 5.75 Å². The summed E-state index contributed by atoms with van der Waals surface area (Å²) in [4.78, 5) is 34.7. The van der Waals surface area contributed by atoms with Crippen molar-refractivity contribution in [1.29, 1.82) is 0 Å². The number of carbonyl (C=O) groups excluding carboxylic acids is 2. The predicted molar refractivity (Wildman–Crippen MR) is 85.6 cm³/mol. The molecule has 2 aliphatic rings. The summed E-state index contributed by atoms with van der Waals surface area (Å²) >= 11 is 0. The Balaban J connectivity index is 1.65. The predicted octanol–water partition coefficient (Wildman–Crippen LogP) is 1.39. The molecule has 24 heavy (non-hydrogen) atoms. The molecule has 1 N–H and O–H groups in total. The Bertz CT molecular complexity index is 836. The summed E-state index contributed by atoms with van der Waals surface area (Å²) in [5, 5.41) is 2.77. The normalized spacial score (nSPS) is 19.0. The topological polar surface area (TPSA) is 84.4 Å². The highest BCUT2D eigenvalue weighted by Gasteiger charge is 2.30. The minimum absolute atomic E-state index is 0.125. The van der Waals surface area contributed by atoms with Gasteiger partial charge in [0.15, 0.2) is 11.9 Å². The van der Waals surface area contributed by atoms with E-state index in [2.05, 4.69) is 15.3 Å². The van der Waals surface area contributed by atoms with Crippen molar-refractivity contribution in [3.8, 4) is 5.75 Å². The summed E-state index contributed by atoms with van der Waals surface area (Å²) < 4.78 is 5.67. The van der Waals surface area contributed by atoms with Gasteiger partial charge in [-0.25, -0.2) is 9.97 Å². The molecule has 1 aromatic carbocycles. The van der Waals surface area contributed by atoms with E-state index in [1.54, 1.807) is 36.2 Å². The number of aromatic nitrogens is 2. The number of carbonyl (C=O) groups is 2. The first kappa shape index (κ1) is 14.6. The molecule has 0 unspecified atom stereocenters. The minimum atomic E-state index is -0.624. The standard InChI is InChI=1S/C17H16N4O3/c1-10-16(22)20-13-4-2-3-12(15(13)24-10)17(23)21-6-5-11-7-18-9-19-14(11)8-21/h2-4,7,9-10H,5-6,8H2,1H3,(H,20,22)/t10-/m0/s1. The molecule has 1 aromatic heterocycles. The van der Waals surface area contributed by atoms with Gasteiger partial charge in [-0.2, -0.15) is 0 Å². The van der Waals surface area contributed by atoms with E-state index >= 15 is 0 Å². The summed E-state index contributed by atoms with van der Waals surface area (Å²) in [6, 6.07) is 5.20. The van der Waals surface area contributed by atoms with Gasteiger partial charge in [-0.15, -0.1) is 0 Å². The number of para-hydroxylation sites is 1. The number of nitrogens with one attached hydrogen (secondary N) is 1. The first-order valence-corrected chi connectivity index (χ1v) is 7.81. The zero-order chi connectivity index (χ0) is 16.7. The van der Waals surface area contributed by atoms with E-state index in [1.165, 1.54) is 6.33 Å². The van der Waals surface area contributed by atoms with Crippen molar-refractivity contribution in [2.24, 2.45) is 0 Å². The van der Waals surface area contributed by atoms with Crippen molar-refractivity contribution in [2.45, 2.75) is 26.0 Å². The SMILES string of the molecule is C[C@@H]1Oc2c(cccc2C(=O)N2CCc3cncnc3C2)NC1=O. The fourth-order valence-corrected chi connectivity index (χ4v) is 2.99. The lowest BCUT2D eigenvalue weighted by atomic mass is 10.0. The maximum absolute atomic E-state index is 13.0. The number of nitrogens with zero attached hydrogens (tertiary/aromatic N) is 3.